The Labute approximate surface area is 154 Å². The average Bonchev–Trinajstić information content (AvgIpc) is 3.13. The summed E-state index contributed by atoms with van der Waals surface area (Å²) < 4.78 is 27.2. The van der Waals surface area contributed by atoms with Crippen LogP contribution in [0.4, 0.5) is 0 Å². The topological polar surface area (TPSA) is 79.4 Å². The van der Waals surface area contributed by atoms with Gasteiger partial charge in [0.15, 0.2) is 0 Å². The van der Waals surface area contributed by atoms with Crippen LogP contribution in [0.1, 0.15) is 36.9 Å². The van der Waals surface area contributed by atoms with E-state index in [-0.39, 0.29) is 16.8 Å². The highest BCUT2D eigenvalue weighted by molar-refractivity contribution is 7.89. The summed E-state index contributed by atoms with van der Waals surface area (Å²) in [4.78, 5) is 16.9. The van der Waals surface area contributed by atoms with Crippen LogP contribution in [0.15, 0.2) is 53.7 Å². The van der Waals surface area contributed by atoms with Gasteiger partial charge in [0.05, 0.1) is 10.9 Å². The zero-order valence-corrected chi connectivity index (χ0v) is 15.7. The van der Waals surface area contributed by atoms with E-state index in [4.69, 9.17) is 0 Å². The van der Waals surface area contributed by atoms with Crippen LogP contribution in [0.25, 0.3) is 0 Å². The lowest BCUT2D eigenvalue weighted by Gasteiger charge is -2.25. The Morgan fingerprint density at radius 2 is 1.85 bits per heavy atom. The number of amides is 1. The maximum Gasteiger partial charge on any atom is 0.243 e. The Morgan fingerprint density at radius 1 is 1.19 bits per heavy atom. The van der Waals surface area contributed by atoms with E-state index in [1.54, 1.807) is 36.7 Å². The molecule has 0 bridgehead atoms. The molecule has 1 fully saturated rings. The number of pyridine rings is 1. The second-order valence-corrected chi connectivity index (χ2v) is 8.49. The second-order valence-electron chi connectivity index (χ2n) is 6.60. The third kappa shape index (κ3) is 3.78. The highest BCUT2D eigenvalue weighted by Crippen LogP contribution is 2.27. The van der Waals surface area contributed by atoms with Crippen molar-refractivity contribution in [3.05, 3.63) is 59.9 Å². The summed E-state index contributed by atoms with van der Waals surface area (Å²) in [6.45, 7) is 4.14. The number of hydrogen-bond acceptors (Lipinski definition) is 4. The molecule has 7 heteroatoms. The number of sulfonamides is 1. The van der Waals surface area contributed by atoms with E-state index >= 15 is 0 Å². The molecule has 1 saturated heterocycles. The second kappa shape index (κ2) is 7.55. The fourth-order valence-corrected chi connectivity index (χ4v) is 4.84. The number of aryl methyl sites for hydroxylation is 1. The molecule has 2 atom stereocenters. The molecule has 1 aromatic carbocycles. The Balaban J connectivity index is 1.77. The van der Waals surface area contributed by atoms with E-state index in [0.29, 0.717) is 19.4 Å². The van der Waals surface area contributed by atoms with Crippen LogP contribution in [0.3, 0.4) is 0 Å². The number of hydrogen-bond donors (Lipinski definition) is 1. The van der Waals surface area contributed by atoms with Crippen LogP contribution in [0, 0.1) is 6.92 Å². The monoisotopic (exact) mass is 373 g/mol. The zero-order valence-electron chi connectivity index (χ0n) is 14.9. The molecule has 0 saturated carbocycles. The van der Waals surface area contributed by atoms with Crippen molar-refractivity contribution in [3.8, 4) is 0 Å². The van der Waals surface area contributed by atoms with E-state index in [9.17, 15) is 13.2 Å². The number of carbonyl (C=O) groups excluding carboxylic acids is 1. The van der Waals surface area contributed by atoms with Crippen molar-refractivity contribution in [2.45, 2.75) is 43.7 Å². The summed E-state index contributed by atoms with van der Waals surface area (Å²) in [6.07, 6.45) is 4.54. The van der Waals surface area contributed by atoms with Gasteiger partial charge >= 0.3 is 0 Å². The van der Waals surface area contributed by atoms with Crippen LogP contribution in [0.2, 0.25) is 0 Å². The first-order valence-electron chi connectivity index (χ1n) is 8.68. The fraction of sp³-hybridized carbons (Fsp3) is 0.368. The zero-order chi connectivity index (χ0) is 18.7. The molecule has 1 N–H and O–H groups in total. The van der Waals surface area contributed by atoms with E-state index in [2.05, 4.69) is 10.3 Å². The third-order valence-electron chi connectivity index (χ3n) is 4.70. The summed E-state index contributed by atoms with van der Waals surface area (Å²) in [5.41, 5.74) is 1.92. The molecule has 0 radical (unpaired) electrons. The van der Waals surface area contributed by atoms with Gasteiger partial charge in [-0.3, -0.25) is 9.78 Å². The lowest BCUT2D eigenvalue weighted by Crippen LogP contribution is -2.46. The maximum absolute atomic E-state index is 13.0. The van der Waals surface area contributed by atoms with Gasteiger partial charge in [-0.2, -0.15) is 4.31 Å². The van der Waals surface area contributed by atoms with E-state index in [1.165, 1.54) is 4.31 Å². The Morgan fingerprint density at radius 3 is 2.50 bits per heavy atom. The molecular formula is C19H23N3O3S. The minimum absolute atomic E-state index is 0.213. The summed E-state index contributed by atoms with van der Waals surface area (Å²) in [7, 11) is -3.69. The molecule has 3 rings (SSSR count). The van der Waals surface area contributed by atoms with Gasteiger partial charge in [-0.1, -0.05) is 17.7 Å². The SMILES string of the molecule is Cc1ccc(S(=O)(=O)N2CCC[C@H]2C(=O)NC(C)c2ccncc2)cc1. The van der Waals surface area contributed by atoms with Crippen molar-refractivity contribution in [3.63, 3.8) is 0 Å². The molecule has 1 amide bonds. The van der Waals surface area contributed by atoms with Crippen molar-refractivity contribution >= 4 is 15.9 Å². The van der Waals surface area contributed by atoms with Gasteiger partial charge in [0.1, 0.15) is 6.04 Å². The molecule has 2 aromatic rings. The molecule has 0 aliphatic carbocycles. The van der Waals surface area contributed by atoms with Crippen LogP contribution >= 0.6 is 0 Å². The van der Waals surface area contributed by atoms with Gasteiger partial charge in [-0.25, -0.2) is 8.42 Å². The summed E-state index contributed by atoms with van der Waals surface area (Å²) in [6, 6.07) is 9.50. The minimum Gasteiger partial charge on any atom is -0.348 e. The van der Waals surface area contributed by atoms with E-state index < -0.39 is 16.1 Å². The number of nitrogens with one attached hydrogen (secondary N) is 1. The molecule has 1 aliphatic rings. The van der Waals surface area contributed by atoms with Crippen molar-refractivity contribution in [2.24, 2.45) is 0 Å². The summed E-state index contributed by atoms with van der Waals surface area (Å²) in [5.74, 6) is -0.262. The minimum atomic E-state index is -3.69. The first kappa shape index (κ1) is 18.5. The number of nitrogens with zero attached hydrogens (tertiary/aromatic N) is 2. The molecule has 1 aromatic heterocycles. The first-order valence-corrected chi connectivity index (χ1v) is 10.1. The van der Waals surface area contributed by atoms with Crippen molar-refractivity contribution < 1.29 is 13.2 Å². The smallest absolute Gasteiger partial charge is 0.243 e. The predicted octanol–water partition coefficient (Wildman–Crippen LogP) is 2.42. The number of benzene rings is 1. The number of aromatic nitrogens is 1. The van der Waals surface area contributed by atoms with Gasteiger partial charge in [-0.15, -0.1) is 0 Å². The lowest BCUT2D eigenvalue weighted by molar-refractivity contribution is -0.124. The van der Waals surface area contributed by atoms with Gasteiger partial charge in [-0.05, 0) is 56.5 Å². The maximum atomic E-state index is 13.0. The van der Waals surface area contributed by atoms with Gasteiger partial charge in [0.2, 0.25) is 15.9 Å². The Hall–Kier alpha value is -2.25. The average molecular weight is 373 g/mol. The molecule has 26 heavy (non-hydrogen) atoms. The van der Waals surface area contributed by atoms with Gasteiger partial charge < -0.3 is 5.32 Å². The van der Waals surface area contributed by atoms with Crippen molar-refractivity contribution in [1.29, 1.82) is 0 Å². The van der Waals surface area contributed by atoms with Crippen LogP contribution in [-0.4, -0.2) is 36.2 Å². The Kier molecular flexibility index (Phi) is 5.38. The van der Waals surface area contributed by atoms with Gasteiger partial charge in [0.25, 0.3) is 0 Å². The van der Waals surface area contributed by atoms with Crippen LogP contribution < -0.4 is 5.32 Å². The summed E-state index contributed by atoms with van der Waals surface area (Å²) in [5, 5.41) is 2.93. The number of carbonyl (C=O) groups is 1. The Bertz CT molecular complexity index is 867. The molecule has 1 aliphatic heterocycles. The van der Waals surface area contributed by atoms with Crippen LogP contribution in [0.5, 0.6) is 0 Å². The molecular weight excluding hydrogens is 350 g/mol. The molecule has 1 unspecified atom stereocenters. The predicted molar refractivity (Wildman–Crippen MR) is 98.9 cm³/mol. The fourth-order valence-electron chi connectivity index (χ4n) is 3.18. The molecule has 138 valence electrons. The van der Waals surface area contributed by atoms with E-state index in [1.807, 2.05) is 26.0 Å². The van der Waals surface area contributed by atoms with Crippen LogP contribution in [-0.2, 0) is 14.8 Å². The standard InChI is InChI=1S/C19H23N3O3S/c1-14-5-7-17(8-6-14)26(24,25)22-13-3-4-18(22)19(23)21-15(2)16-9-11-20-12-10-16/h5-12,15,18H,3-4,13H2,1-2H3,(H,21,23)/t15?,18-/m0/s1. The quantitative estimate of drug-likeness (QED) is 0.873. The lowest BCUT2D eigenvalue weighted by atomic mass is 10.1. The highest BCUT2D eigenvalue weighted by Gasteiger charge is 2.39. The molecule has 0 spiro atoms. The van der Waals surface area contributed by atoms with E-state index in [0.717, 1.165) is 11.1 Å². The molecule has 6 nitrogen and oxygen atoms in total. The highest BCUT2D eigenvalue weighted by atomic mass is 32.2. The molecule has 2 heterocycles. The summed E-state index contributed by atoms with van der Waals surface area (Å²) >= 11 is 0. The number of rotatable bonds is 5. The largest absolute Gasteiger partial charge is 0.348 e. The van der Waals surface area contributed by atoms with Crippen molar-refractivity contribution in [1.82, 2.24) is 14.6 Å². The normalized spacial score (nSPS) is 19.2. The van der Waals surface area contributed by atoms with Crippen molar-refractivity contribution in [2.75, 3.05) is 6.54 Å². The first-order chi connectivity index (χ1) is 12.4. The van der Waals surface area contributed by atoms with Gasteiger partial charge in [0, 0.05) is 18.9 Å². The third-order valence-corrected chi connectivity index (χ3v) is 6.62.